The van der Waals surface area contributed by atoms with Crippen LogP contribution in [0.15, 0.2) is 16.6 Å². The summed E-state index contributed by atoms with van der Waals surface area (Å²) in [7, 11) is 1.63. The van der Waals surface area contributed by atoms with Gasteiger partial charge in [-0.2, -0.15) is 0 Å². The predicted molar refractivity (Wildman–Crippen MR) is 60.7 cm³/mol. The van der Waals surface area contributed by atoms with Gasteiger partial charge < -0.3 is 9.84 Å². The number of benzene rings is 1. The number of aryl methyl sites for hydroxylation is 1. The molecule has 0 aromatic heterocycles. The first-order chi connectivity index (χ1) is 6.36. The van der Waals surface area contributed by atoms with Crippen molar-refractivity contribution < 1.29 is 9.84 Å². The van der Waals surface area contributed by atoms with E-state index < -0.39 is 5.60 Å². The minimum absolute atomic E-state index is 0.788. The highest BCUT2D eigenvalue weighted by molar-refractivity contribution is 9.10. The van der Waals surface area contributed by atoms with E-state index in [9.17, 15) is 5.11 Å². The minimum Gasteiger partial charge on any atom is -0.496 e. The third-order valence-corrected chi connectivity index (χ3v) is 2.78. The summed E-state index contributed by atoms with van der Waals surface area (Å²) < 4.78 is 6.03. The van der Waals surface area contributed by atoms with Crippen molar-refractivity contribution in [3.63, 3.8) is 0 Å². The third-order valence-electron chi connectivity index (χ3n) is 2.16. The van der Waals surface area contributed by atoms with Crippen LogP contribution in [-0.2, 0) is 5.60 Å². The smallest absolute Gasteiger partial charge is 0.133 e. The van der Waals surface area contributed by atoms with E-state index in [0.29, 0.717) is 0 Å². The van der Waals surface area contributed by atoms with E-state index in [2.05, 4.69) is 15.9 Å². The van der Waals surface area contributed by atoms with E-state index in [1.54, 1.807) is 21.0 Å². The molecule has 14 heavy (non-hydrogen) atoms. The zero-order valence-corrected chi connectivity index (χ0v) is 10.5. The van der Waals surface area contributed by atoms with Gasteiger partial charge in [0.05, 0.1) is 17.2 Å². The van der Waals surface area contributed by atoms with Gasteiger partial charge in [-0.3, -0.25) is 0 Å². The number of hydrogen-bond acceptors (Lipinski definition) is 2. The van der Waals surface area contributed by atoms with Crippen molar-refractivity contribution in [1.82, 2.24) is 0 Å². The van der Waals surface area contributed by atoms with E-state index in [0.717, 1.165) is 21.3 Å². The van der Waals surface area contributed by atoms with Gasteiger partial charge in [0.2, 0.25) is 0 Å². The molecule has 0 aliphatic carbocycles. The summed E-state index contributed by atoms with van der Waals surface area (Å²) in [6.45, 7) is 5.50. The van der Waals surface area contributed by atoms with Crippen LogP contribution < -0.4 is 4.74 Å². The molecule has 1 N–H and O–H groups in total. The van der Waals surface area contributed by atoms with E-state index in [4.69, 9.17) is 4.74 Å². The highest BCUT2D eigenvalue weighted by Gasteiger charge is 2.20. The summed E-state index contributed by atoms with van der Waals surface area (Å²) >= 11 is 3.40. The van der Waals surface area contributed by atoms with Gasteiger partial charge in [-0.15, -0.1) is 0 Å². The quantitative estimate of drug-likeness (QED) is 0.884. The number of hydrogen-bond donors (Lipinski definition) is 1. The molecular weight excluding hydrogens is 244 g/mol. The summed E-state index contributed by atoms with van der Waals surface area (Å²) in [5.41, 5.74) is 1.11. The van der Waals surface area contributed by atoms with Gasteiger partial charge in [0, 0.05) is 0 Å². The molecule has 1 aromatic rings. The lowest BCUT2D eigenvalue weighted by atomic mass is 9.94. The van der Waals surface area contributed by atoms with E-state index in [1.165, 1.54) is 0 Å². The fraction of sp³-hybridized carbons (Fsp3) is 0.455. The molecule has 0 aliphatic heterocycles. The van der Waals surface area contributed by atoms with Crippen molar-refractivity contribution in [3.8, 4) is 5.75 Å². The summed E-state index contributed by atoms with van der Waals surface area (Å²) in [6.07, 6.45) is 0. The van der Waals surface area contributed by atoms with Crippen LogP contribution in [0.1, 0.15) is 25.0 Å². The first kappa shape index (κ1) is 11.5. The molecule has 0 saturated carbocycles. The van der Waals surface area contributed by atoms with Crippen LogP contribution in [0.2, 0.25) is 0 Å². The fourth-order valence-corrected chi connectivity index (χ4v) is 1.98. The topological polar surface area (TPSA) is 29.5 Å². The monoisotopic (exact) mass is 258 g/mol. The van der Waals surface area contributed by atoms with Crippen LogP contribution in [0, 0.1) is 6.92 Å². The second-order valence-electron chi connectivity index (χ2n) is 3.86. The van der Waals surface area contributed by atoms with Crippen LogP contribution in [0.5, 0.6) is 5.75 Å². The van der Waals surface area contributed by atoms with Gasteiger partial charge in [-0.25, -0.2) is 0 Å². The number of halogens is 1. The average molecular weight is 259 g/mol. The SMILES string of the molecule is COc1cc(C)c(C(C)(C)O)cc1Br. The Labute approximate surface area is 93.0 Å². The van der Waals surface area contributed by atoms with Gasteiger partial charge in [-0.05, 0) is 60.0 Å². The highest BCUT2D eigenvalue weighted by Crippen LogP contribution is 2.33. The van der Waals surface area contributed by atoms with Gasteiger partial charge in [0.25, 0.3) is 0 Å². The number of methoxy groups -OCH3 is 1. The lowest BCUT2D eigenvalue weighted by Gasteiger charge is -2.21. The molecule has 78 valence electrons. The maximum Gasteiger partial charge on any atom is 0.133 e. The number of ether oxygens (including phenoxy) is 1. The molecule has 3 heteroatoms. The van der Waals surface area contributed by atoms with Crippen LogP contribution in [0.3, 0.4) is 0 Å². The second-order valence-corrected chi connectivity index (χ2v) is 4.72. The largest absolute Gasteiger partial charge is 0.496 e. The molecule has 0 fully saturated rings. The predicted octanol–water partition coefficient (Wildman–Crippen LogP) is 2.99. The summed E-state index contributed by atoms with van der Waals surface area (Å²) in [5, 5.41) is 9.90. The Morgan fingerprint density at radius 1 is 1.36 bits per heavy atom. The minimum atomic E-state index is -0.821. The summed E-state index contributed by atoms with van der Waals surface area (Å²) in [6, 6.07) is 3.81. The normalized spacial score (nSPS) is 11.6. The van der Waals surface area contributed by atoms with Crippen LogP contribution in [0.25, 0.3) is 0 Å². The first-order valence-electron chi connectivity index (χ1n) is 4.43. The lowest BCUT2D eigenvalue weighted by Crippen LogP contribution is -2.17. The van der Waals surface area contributed by atoms with Crippen molar-refractivity contribution in [2.75, 3.05) is 7.11 Å². The zero-order valence-electron chi connectivity index (χ0n) is 8.89. The Bertz CT molecular complexity index is 340. The van der Waals surface area contributed by atoms with Gasteiger partial charge in [0.15, 0.2) is 0 Å². The Kier molecular flexibility index (Phi) is 3.22. The molecule has 1 aromatic carbocycles. The summed E-state index contributed by atoms with van der Waals surface area (Å²) in [4.78, 5) is 0. The van der Waals surface area contributed by atoms with Gasteiger partial charge >= 0.3 is 0 Å². The molecule has 2 nitrogen and oxygen atoms in total. The fourth-order valence-electron chi connectivity index (χ4n) is 1.47. The summed E-state index contributed by atoms with van der Waals surface area (Å²) in [5.74, 6) is 0.788. The molecule has 0 aliphatic rings. The lowest BCUT2D eigenvalue weighted by molar-refractivity contribution is 0.0778. The molecule has 0 unspecified atom stereocenters. The molecule has 0 saturated heterocycles. The van der Waals surface area contributed by atoms with Crippen molar-refractivity contribution >= 4 is 15.9 Å². The van der Waals surface area contributed by atoms with Crippen molar-refractivity contribution in [3.05, 3.63) is 27.7 Å². The maximum absolute atomic E-state index is 9.90. The van der Waals surface area contributed by atoms with Crippen LogP contribution in [-0.4, -0.2) is 12.2 Å². The molecule has 0 bridgehead atoms. The van der Waals surface area contributed by atoms with Gasteiger partial charge in [0.1, 0.15) is 5.75 Å². The molecule has 0 radical (unpaired) electrons. The molecule has 0 heterocycles. The van der Waals surface area contributed by atoms with Crippen molar-refractivity contribution in [2.45, 2.75) is 26.4 Å². The van der Waals surface area contributed by atoms with Gasteiger partial charge in [-0.1, -0.05) is 0 Å². The van der Waals surface area contributed by atoms with E-state index >= 15 is 0 Å². The van der Waals surface area contributed by atoms with Crippen LogP contribution >= 0.6 is 15.9 Å². The Balaban J connectivity index is 3.29. The third kappa shape index (κ3) is 2.28. The maximum atomic E-state index is 9.90. The van der Waals surface area contributed by atoms with E-state index in [1.807, 2.05) is 19.1 Å². The Hall–Kier alpha value is -0.540. The second kappa shape index (κ2) is 3.91. The Morgan fingerprint density at radius 2 is 1.93 bits per heavy atom. The number of aliphatic hydroxyl groups is 1. The average Bonchev–Trinajstić information content (AvgIpc) is 2.06. The van der Waals surface area contributed by atoms with Crippen molar-refractivity contribution in [1.29, 1.82) is 0 Å². The highest BCUT2D eigenvalue weighted by atomic mass is 79.9. The number of rotatable bonds is 2. The van der Waals surface area contributed by atoms with Crippen molar-refractivity contribution in [2.24, 2.45) is 0 Å². The molecular formula is C11H15BrO2. The molecule has 1 rings (SSSR count). The Morgan fingerprint density at radius 3 is 2.36 bits per heavy atom. The zero-order chi connectivity index (χ0) is 10.9. The first-order valence-corrected chi connectivity index (χ1v) is 5.22. The molecule has 0 spiro atoms. The van der Waals surface area contributed by atoms with E-state index in [-0.39, 0.29) is 0 Å². The standard InChI is InChI=1S/C11H15BrO2/c1-7-5-10(14-4)9(12)6-8(7)11(2,3)13/h5-6,13H,1-4H3. The molecule has 0 amide bonds. The molecule has 0 atom stereocenters. The van der Waals surface area contributed by atoms with Crippen LogP contribution in [0.4, 0.5) is 0 Å².